The van der Waals surface area contributed by atoms with E-state index in [0.717, 1.165) is 5.56 Å². The SMILES string of the molecule is CC(C)(C)c1ccc(S(=O)(=O)Nc2cccc(C(C(=O)NO)c3ccccc3)c2)cc1. The largest absolute Gasteiger partial charge is 0.289 e. The number of carbonyl (C=O) groups is 1. The summed E-state index contributed by atoms with van der Waals surface area (Å²) in [7, 11) is -3.81. The van der Waals surface area contributed by atoms with Crippen molar-refractivity contribution >= 4 is 21.6 Å². The van der Waals surface area contributed by atoms with Gasteiger partial charge in [0.15, 0.2) is 0 Å². The Labute approximate surface area is 183 Å². The Morgan fingerprint density at radius 3 is 2.06 bits per heavy atom. The van der Waals surface area contributed by atoms with E-state index in [4.69, 9.17) is 0 Å². The minimum atomic E-state index is -3.81. The van der Waals surface area contributed by atoms with Crippen molar-refractivity contribution in [3.8, 4) is 0 Å². The van der Waals surface area contributed by atoms with Crippen LogP contribution < -0.4 is 10.2 Å². The number of carbonyl (C=O) groups excluding carboxylic acids is 1. The number of amides is 1. The Hall–Kier alpha value is -3.16. The first-order chi connectivity index (χ1) is 14.6. The van der Waals surface area contributed by atoms with Gasteiger partial charge in [-0.1, -0.05) is 75.4 Å². The third kappa shape index (κ3) is 5.31. The lowest BCUT2D eigenvalue weighted by molar-refractivity contribution is -0.129. The highest BCUT2D eigenvalue weighted by molar-refractivity contribution is 7.92. The van der Waals surface area contributed by atoms with Gasteiger partial charge in [0.1, 0.15) is 0 Å². The molecule has 0 saturated heterocycles. The van der Waals surface area contributed by atoms with Crippen LogP contribution in [0.1, 0.15) is 43.4 Å². The number of hydrogen-bond acceptors (Lipinski definition) is 4. The molecular weight excluding hydrogens is 412 g/mol. The molecule has 1 unspecified atom stereocenters. The van der Waals surface area contributed by atoms with Crippen LogP contribution in [-0.4, -0.2) is 19.5 Å². The van der Waals surface area contributed by atoms with Crippen molar-refractivity contribution in [2.24, 2.45) is 0 Å². The lowest BCUT2D eigenvalue weighted by Crippen LogP contribution is -2.27. The van der Waals surface area contributed by atoms with Crippen LogP contribution >= 0.6 is 0 Å². The number of nitrogens with one attached hydrogen (secondary N) is 2. The van der Waals surface area contributed by atoms with E-state index in [9.17, 15) is 18.4 Å². The van der Waals surface area contributed by atoms with E-state index in [0.29, 0.717) is 16.8 Å². The Kier molecular flexibility index (Phi) is 6.48. The first kappa shape index (κ1) is 22.5. The maximum absolute atomic E-state index is 12.9. The molecule has 0 spiro atoms. The van der Waals surface area contributed by atoms with Crippen LogP contribution in [0, 0.1) is 0 Å². The number of sulfonamides is 1. The van der Waals surface area contributed by atoms with Crippen LogP contribution in [0.4, 0.5) is 5.69 Å². The number of rotatable bonds is 6. The van der Waals surface area contributed by atoms with E-state index < -0.39 is 21.8 Å². The highest BCUT2D eigenvalue weighted by atomic mass is 32.2. The predicted octanol–water partition coefficient (Wildman–Crippen LogP) is 4.42. The zero-order valence-electron chi connectivity index (χ0n) is 17.7. The molecule has 3 N–H and O–H groups in total. The second kappa shape index (κ2) is 8.91. The molecule has 3 aromatic carbocycles. The lowest BCUT2D eigenvalue weighted by Gasteiger charge is -2.19. The minimum Gasteiger partial charge on any atom is -0.289 e. The number of hydroxylamine groups is 1. The van der Waals surface area contributed by atoms with Crippen molar-refractivity contribution < 1.29 is 18.4 Å². The zero-order chi connectivity index (χ0) is 22.6. The van der Waals surface area contributed by atoms with Crippen LogP contribution in [-0.2, 0) is 20.2 Å². The van der Waals surface area contributed by atoms with Gasteiger partial charge < -0.3 is 0 Å². The van der Waals surface area contributed by atoms with Crippen LogP contribution in [0.25, 0.3) is 0 Å². The molecule has 6 nitrogen and oxygen atoms in total. The molecule has 3 aromatic rings. The molecule has 1 amide bonds. The number of hydrogen-bond donors (Lipinski definition) is 3. The molecule has 0 fully saturated rings. The van der Waals surface area contributed by atoms with Gasteiger partial charge in [0.2, 0.25) is 0 Å². The fourth-order valence-corrected chi connectivity index (χ4v) is 4.38. The zero-order valence-corrected chi connectivity index (χ0v) is 18.5. The maximum atomic E-state index is 12.9. The summed E-state index contributed by atoms with van der Waals surface area (Å²) in [6, 6.07) is 22.3. The minimum absolute atomic E-state index is 0.0796. The Morgan fingerprint density at radius 2 is 1.48 bits per heavy atom. The van der Waals surface area contributed by atoms with E-state index in [-0.39, 0.29) is 10.3 Å². The van der Waals surface area contributed by atoms with Crippen molar-refractivity contribution in [2.75, 3.05) is 4.72 Å². The van der Waals surface area contributed by atoms with Gasteiger partial charge in [0.05, 0.1) is 10.8 Å². The molecule has 0 aliphatic rings. The number of anilines is 1. The molecule has 31 heavy (non-hydrogen) atoms. The molecule has 0 aromatic heterocycles. The first-order valence-corrected chi connectivity index (χ1v) is 11.3. The van der Waals surface area contributed by atoms with Gasteiger partial charge in [-0.3, -0.25) is 14.7 Å². The van der Waals surface area contributed by atoms with E-state index in [1.165, 1.54) is 0 Å². The van der Waals surface area contributed by atoms with Gasteiger partial charge in [-0.2, -0.15) is 0 Å². The summed E-state index contributed by atoms with van der Waals surface area (Å²) in [5.41, 5.74) is 4.19. The molecule has 7 heteroatoms. The topological polar surface area (TPSA) is 95.5 Å². The van der Waals surface area contributed by atoms with Crippen molar-refractivity contribution in [2.45, 2.75) is 37.0 Å². The normalized spacial score (nSPS) is 12.8. The van der Waals surface area contributed by atoms with Gasteiger partial charge in [-0.15, -0.1) is 0 Å². The van der Waals surface area contributed by atoms with Crippen molar-refractivity contribution in [3.63, 3.8) is 0 Å². The summed E-state index contributed by atoms with van der Waals surface area (Å²) in [6.45, 7) is 6.18. The molecule has 0 radical (unpaired) electrons. The second-order valence-corrected chi connectivity index (χ2v) is 10.0. The highest BCUT2D eigenvalue weighted by Crippen LogP contribution is 2.28. The molecule has 0 bridgehead atoms. The van der Waals surface area contributed by atoms with Crippen LogP contribution in [0.15, 0.2) is 83.8 Å². The maximum Gasteiger partial charge on any atom is 0.261 e. The third-order valence-corrected chi connectivity index (χ3v) is 6.41. The van der Waals surface area contributed by atoms with Crippen LogP contribution in [0.2, 0.25) is 0 Å². The quantitative estimate of drug-likeness (QED) is 0.392. The predicted molar refractivity (Wildman–Crippen MR) is 121 cm³/mol. The summed E-state index contributed by atoms with van der Waals surface area (Å²) in [5.74, 6) is -1.40. The summed E-state index contributed by atoms with van der Waals surface area (Å²) in [4.78, 5) is 12.5. The fraction of sp³-hybridized carbons (Fsp3) is 0.208. The van der Waals surface area contributed by atoms with Crippen LogP contribution in [0.3, 0.4) is 0 Å². The molecule has 0 saturated carbocycles. The standard InChI is InChI=1S/C24H26N2O4S/c1-24(2,3)19-12-14-21(15-13-19)31(29,30)26-20-11-7-10-18(16-20)22(23(27)25-28)17-8-5-4-6-9-17/h4-16,22,26,28H,1-3H3,(H,25,27). The van der Waals surface area contributed by atoms with E-state index in [1.807, 2.05) is 18.2 Å². The van der Waals surface area contributed by atoms with Gasteiger partial charge in [0.25, 0.3) is 15.9 Å². The lowest BCUT2D eigenvalue weighted by atomic mass is 9.87. The van der Waals surface area contributed by atoms with Crippen molar-refractivity contribution in [1.82, 2.24) is 5.48 Å². The second-order valence-electron chi connectivity index (χ2n) is 8.33. The van der Waals surface area contributed by atoms with Crippen LogP contribution in [0.5, 0.6) is 0 Å². The van der Waals surface area contributed by atoms with Gasteiger partial charge >= 0.3 is 0 Å². The molecule has 162 valence electrons. The van der Waals surface area contributed by atoms with Gasteiger partial charge in [-0.05, 0) is 46.4 Å². The first-order valence-electron chi connectivity index (χ1n) is 9.84. The molecule has 0 aliphatic carbocycles. The van der Waals surface area contributed by atoms with E-state index in [2.05, 4.69) is 25.5 Å². The Morgan fingerprint density at radius 1 is 0.871 bits per heavy atom. The van der Waals surface area contributed by atoms with Gasteiger partial charge in [-0.25, -0.2) is 13.9 Å². The average Bonchev–Trinajstić information content (AvgIpc) is 2.74. The summed E-state index contributed by atoms with van der Waals surface area (Å²) >= 11 is 0. The summed E-state index contributed by atoms with van der Waals surface area (Å²) < 4.78 is 28.3. The Balaban J connectivity index is 1.91. The number of benzene rings is 3. The monoisotopic (exact) mass is 438 g/mol. The molecule has 1 atom stereocenters. The van der Waals surface area contributed by atoms with E-state index >= 15 is 0 Å². The molecule has 3 rings (SSSR count). The summed E-state index contributed by atoms with van der Waals surface area (Å²) in [6.07, 6.45) is 0. The molecular formula is C24H26N2O4S. The smallest absolute Gasteiger partial charge is 0.261 e. The third-order valence-electron chi connectivity index (χ3n) is 5.01. The molecule has 0 heterocycles. The van der Waals surface area contributed by atoms with Crippen molar-refractivity contribution in [3.05, 3.63) is 95.6 Å². The van der Waals surface area contributed by atoms with Crippen molar-refractivity contribution in [1.29, 1.82) is 0 Å². The highest BCUT2D eigenvalue weighted by Gasteiger charge is 2.23. The summed E-state index contributed by atoms with van der Waals surface area (Å²) in [5, 5.41) is 9.20. The van der Waals surface area contributed by atoms with Gasteiger partial charge in [0, 0.05) is 5.69 Å². The Bertz CT molecular complexity index is 1150. The molecule has 0 aliphatic heterocycles. The average molecular weight is 439 g/mol. The fourth-order valence-electron chi connectivity index (χ4n) is 3.34. The van der Waals surface area contributed by atoms with E-state index in [1.54, 1.807) is 66.1 Å².